The van der Waals surface area contributed by atoms with Gasteiger partial charge in [-0.3, -0.25) is 4.90 Å². The van der Waals surface area contributed by atoms with Crippen LogP contribution < -0.4 is 0 Å². The van der Waals surface area contributed by atoms with Gasteiger partial charge in [-0.1, -0.05) is 23.7 Å². The molecule has 0 amide bonds. The van der Waals surface area contributed by atoms with E-state index in [9.17, 15) is 5.11 Å². The van der Waals surface area contributed by atoms with Crippen molar-refractivity contribution in [2.45, 2.75) is 50.3 Å². The van der Waals surface area contributed by atoms with Crippen molar-refractivity contribution in [3.8, 4) is 0 Å². The number of hydrogen-bond donors (Lipinski definition) is 1. The summed E-state index contributed by atoms with van der Waals surface area (Å²) in [5, 5.41) is 11.5. The molecule has 1 N–H and O–H groups in total. The van der Waals surface area contributed by atoms with Gasteiger partial charge in [0, 0.05) is 30.1 Å². The largest absolute Gasteiger partial charge is 0.388 e. The second-order valence-electron chi connectivity index (χ2n) is 5.99. The van der Waals surface area contributed by atoms with E-state index >= 15 is 0 Å². The fraction of sp³-hybridized carbons (Fsp3) is 0.600. The van der Waals surface area contributed by atoms with E-state index in [0.717, 1.165) is 29.6 Å². The highest BCUT2D eigenvalue weighted by Gasteiger charge is 2.45. The van der Waals surface area contributed by atoms with Crippen LogP contribution in [0.1, 0.15) is 31.7 Å². The first kappa shape index (κ1) is 12.5. The van der Waals surface area contributed by atoms with Crippen molar-refractivity contribution >= 4 is 11.6 Å². The number of hydrogen-bond acceptors (Lipinski definition) is 2. The minimum Gasteiger partial charge on any atom is -0.388 e. The first-order valence-corrected chi connectivity index (χ1v) is 7.16. The number of benzene rings is 1. The highest BCUT2D eigenvalue weighted by atomic mass is 35.5. The van der Waals surface area contributed by atoms with Crippen molar-refractivity contribution in [3.63, 3.8) is 0 Å². The van der Waals surface area contributed by atoms with E-state index in [1.54, 1.807) is 0 Å². The van der Waals surface area contributed by atoms with Gasteiger partial charge in [0.15, 0.2) is 0 Å². The van der Waals surface area contributed by atoms with Crippen molar-refractivity contribution in [1.82, 2.24) is 4.90 Å². The average molecular weight is 266 g/mol. The summed E-state index contributed by atoms with van der Waals surface area (Å²) in [5.74, 6) is 0. The SMILES string of the molecule is CC1CC(O)(Cc2cccc(Cl)c2)CN1C1CC1. The normalized spacial score (nSPS) is 32.9. The Bertz CT molecular complexity index is 446. The molecule has 3 rings (SSSR count). The van der Waals surface area contributed by atoms with Gasteiger partial charge in [-0.15, -0.1) is 0 Å². The zero-order valence-corrected chi connectivity index (χ0v) is 11.5. The maximum absolute atomic E-state index is 10.8. The van der Waals surface area contributed by atoms with Crippen molar-refractivity contribution in [3.05, 3.63) is 34.9 Å². The van der Waals surface area contributed by atoms with Crippen LogP contribution in [0, 0.1) is 0 Å². The number of halogens is 1. The molecule has 1 aromatic carbocycles. The molecule has 2 aliphatic rings. The average Bonchev–Trinajstić information content (AvgIpc) is 3.05. The molecule has 1 saturated heterocycles. The van der Waals surface area contributed by atoms with Crippen LogP contribution in [0.2, 0.25) is 5.02 Å². The van der Waals surface area contributed by atoms with Crippen LogP contribution in [0.3, 0.4) is 0 Å². The van der Waals surface area contributed by atoms with E-state index in [-0.39, 0.29) is 0 Å². The zero-order valence-electron chi connectivity index (χ0n) is 10.8. The highest BCUT2D eigenvalue weighted by molar-refractivity contribution is 6.30. The molecule has 98 valence electrons. The van der Waals surface area contributed by atoms with E-state index < -0.39 is 5.60 Å². The summed E-state index contributed by atoms with van der Waals surface area (Å²) in [6.45, 7) is 3.04. The number of likely N-dealkylation sites (tertiary alicyclic amines) is 1. The lowest BCUT2D eigenvalue weighted by atomic mass is 9.92. The van der Waals surface area contributed by atoms with Gasteiger partial charge in [0.2, 0.25) is 0 Å². The fourth-order valence-electron chi connectivity index (χ4n) is 3.28. The Morgan fingerprint density at radius 3 is 2.89 bits per heavy atom. The molecule has 1 heterocycles. The van der Waals surface area contributed by atoms with E-state index in [4.69, 9.17) is 11.6 Å². The molecule has 3 heteroatoms. The standard InChI is InChI=1S/C15H20ClNO/c1-11-8-15(18,10-17(11)14-5-6-14)9-12-3-2-4-13(16)7-12/h2-4,7,11,14,18H,5-6,8-10H2,1H3. The minimum absolute atomic E-state index is 0.502. The summed E-state index contributed by atoms with van der Waals surface area (Å²) in [6, 6.07) is 9.08. The second kappa shape index (κ2) is 4.52. The summed E-state index contributed by atoms with van der Waals surface area (Å²) in [7, 11) is 0. The Labute approximate surface area is 114 Å². The fourth-order valence-corrected chi connectivity index (χ4v) is 3.49. The van der Waals surface area contributed by atoms with E-state index in [2.05, 4.69) is 11.8 Å². The molecule has 1 aliphatic carbocycles. The van der Waals surface area contributed by atoms with Crippen LogP contribution >= 0.6 is 11.6 Å². The summed E-state index contributed by atoms with van der Waals surface area (Å²) < 4.78 is 0. The van der Waals surface area contributed by atoms with Crippen LogP contribution in [0.25, 0.3) is 0 Å². The summed E-state index contributed by atoms with van der Waals surface area (Å²) in [5.41, 5.74) is 0.557. The lowest BCUT2D eigenvalue weighted by Crippen LogP contribution is -2.36. The molecule has 1 aliphatic heterocycles. The Morgan fingerprint density at radius 2 is 2.22 bits per heavy atom. The molecule has 2 atom stereocenters. The lowest BCUT2D eigenvalue weighted by molar-refractivity contribution is 0.0487. The molecule has 0 aromatic heterocycles. The summed E-state index contributed by atoms with van der Waals surface area (Å²) in [4.78, 5) is 2.48. The highest BCUT2D eigenvalue weighted by Crippen LogP contribution is 2.38. The molecular formula is C15H20ClNO. The van der Waals surface area contributed by atoms with Gasteiger partial charge in [-0.25, -0.2) is 0 Å². The molecule has 2 unspecified atom stereocenters. The third-order valence-electron chi connectivity index (χ3n) is 4.16. The zero-order chi connectivity index (χ0) is 12.8. The predicted octanol–water partition coefficient (Wildman–Crippen LogP) is 2.87. The maximum Gasteiger partial charge on any atom is 0.0829 e. The Hall–Kier alpha value is -0.570. The molecule has 0 bridgehead atoms. The third kappa shape index (κ3) is 2.56. The smallest absolute Gasteiger partial charge is 0.0829 e. The van der Waals surface area contributed by atoms with E-state index in [1.807, 2.05) is 24.3 Å². The molecule has 0 spiro atoms. The number of rotatable bonds is 3. The van der Waals surface area contributed by atoms with Crippen molar-refractivity contribution in [2.75, 3.05) is 6.54 Å². The van der Waals surface area contributed by atoms with Gasteiger partial charge >= 0.3 is 0 Å². The molecule has 2 nitrogen and oxygen atoms in total. The summed E-state index contributed by atoms with van der Waals surface area (Å²) >= 11 is 6.00. The molecule has 0 radical (unpaired) electrons. The van der Waals surface area contributed by atoms with Crippen LogP contribution in [-0.2, 0) is 6.42 Å². The van der Waals surface area contributed by atoms with Crippen LogP contribution in [0.15, 0.2) is 24.3 Å². The van der Waals surface area contributed by atoms with E-state index in [0.29, 0.717) is 12.5 Å². The molecular weight excluding hydrogens is 246 g/mol. The van der Waals surface area contributed by atoms with Gasteiger partial charge in [-0.2, -0.15) is 0 Å². The number of nitrogens with zero attached hydrogens (tertiary/aromatic N) is 1. The molecule has 1 saturated carbocycles. The molecule has 18 heavy (non-hydrogen) atoms. The first-order chi connectivity index (χ1) is 8.56. The van der Waals surface area contributed by atoms with Gasteiger partial charge in [-0.05, 0) is 43.9 Å². The monoisotopic (exact) mass is 265 g/mol. The predicted molar refractivity (Wildman–Crippen MR) is 73.9 cm³/mol. The summed E-state index contributed by atoms with van der Waals surface area (Å²) in [6.07, 6.45) is 4.19. The van der Waals surface area contributed by atoms with Crippen molar-refractivity contribution in [2.24, 2.45) is 0 Å². The Morgan fingerprint density at radius 1 is 1.44 bits per heavy atom. The molecule has 1 aromatic rings. The van der Waals surface area contributed by atoms with Crippen molar-refractivity contribution < 1.29 is 5.11 Å². The quantitative estimate of drug-likeness (QED) is 0.909. The van der Waals surface area contributed by atoms with Crippen LogP contribution in [0.4, 0.5) is 0 Å². The van der Waals surface area contributed by atoms with Gasteiger partial charge < -0.3 is 5.11 Å². The van der Waals surface area contributed by atoms with E-state index in [1.165, 1.54) is 12.8 Å². The van der Waals surface area contributed by atoms with Gasteiger partial charge in [0.25, 0.3) is 0 Å². The van der Waals surface area contributed by atoms with Crippen LogP contribution in [0.5, 0.6) is 0 Å². The van der Waals surface area contributed by atoms with Crippen LogP contribution in [-0.4, -0.2) is 34.2 Å². The molecule has 2 fully saturated rings. The maximum atomic E-state index is 10.8. The van der Waals surface area contributed by atoms with Gasteiger partial charge in [0.1, 0.15) is 0 Å². The number of β-amino-alcohol motifs (C(OH)–C–C–N with tert-alkyl or cyclic N) is 1. The van der Waals surface area contributed by atoms with Crippen molar-refractivity contribution in [1.29, 1.82) is 0 Å². The van der Waals surface area contributed by atoms with Gasteiger partial charge in [0.05, 0.1) is 5.60 Å². The number of aliphatic hydroxyl groups is 1. The second-order valence-corrected chi connectivity index (χ2v) is 6.42. The minimum atomic E-state index is -0.577. The Balaban J connectivity index is 1.72. The topological polar surface area (TPSA) is 23.5 Å². The Kier molecular flexibility index (Phi) is 3.13. The third-order valence-corrected chi connectivity index (χ3v) is 4.39. The first-order valence-electron chi connectivity index (χ1n) is 6.78. The lowest BCUT2D eigenvalue weighted by Gasteiger charge is -2.23.